The Hall–Kier alpha value is 0.140. The third-order valence-corrected chi connectivity index (χ3v) is 4.95. The van der Waals surface area contributed by atoms with Gasteiger partial charge in [0.25, 0.3) is 0 Å². The van der Waals surface area contributed by atoms with E-state index in [-0.39, 0.29) is 5.92 Å². The Morgan fingerprint density at radius 1 is 1.77 bits per heavy atom. The molecule has 1 heterocycles. The first kappa shape index (κ1) is 9.69. The molecule has 13 heavy (non-hydrogen) atoms. The highest BCUT2D eigenvalue weighted by molar-refractivity contribution is 9.10. The summed E-state index contributed by atoms with van der Waals surface area (Å²) in [7, 11) is 0. The normalized spacial score (nSPS) is 26.1. The maximum Gasteiger partial charge on any atom is 0.133 e. The largest absolute Gasteiger partial charge is 0.300 e. The van der Waals surface area contributed by atoms with Crippen molar-refractivity contribution < 1.29 is 4.79 Å². The van der Waals surface area contributed by atoms with Crippen molar-refractivity contribution in [2.24, 2.45) is 5.92 Å². The Kier molecular flexibility index (Phi) is 2.51. The lowest BCUT2D eigenvalue weighted by atomic mass is 10.2. The number of hydrogen-bond acceptors (Lipinski definition) is 2. The molecule has 0 aromatic carbocycles. The second-order valence-electron chi connectivity index (χ2n) is 3.33. The van der Waals surface area contributed by atoms with Gasteiger partial charge in [0, 0.05) is 21.2 Å². The number of Topliss-reactive ketones (excluding diaryl/α,β-unsaturated/α-hetero) is 1. The van der Waals surface area contributed by atoms with Crippen molar-refractivity contribution in [3.63, 3.8) is 0 Å². The smallest absolute Gasteiger partial charge is 0.133 e. The molecule has 0 bridgehead atoms. The van der Waals surface area contributed by atoms with E-state index in [1.165, 1.54) is 4.88 Å². The minimum Gasteiger partial charge on any atom is -0.300 e. The van der Waals surface area contributed by atoms with Crippen LogP contribution in [0.3, 0.4) is 0 Å². The van der Waals surface area contributed by atoms with Crippen LogP contribution in [0.4, 0.5) is 0 Å². The van der Waals surface area contributed by atoms with Crippen LogP contribution < -0.4 is 0 Å². The monoisotopic (exact) mass is 278 g/mol. The lowest BCUT2D eigenvalue weighted by Gasteiger charge is -1.90. The summed E-state index contributed by atoms with van der Waals surface area (Å²) in [5.74, 6) is 0.985. The molecule has 1 fully saturated rings. The Labute approximate surface area is 94.2 Å². The van der Waals surface area contributed by atoms with E-state index >= 15 is 0 Å². The molecule has 1 aromatic heterocycles. The van der Waals surface area contributed by atoms with Gasteiger partial charge in [0.1, 0.15) is 10.1 Å². The average molecular weight is 280 g/mol. The zero-order valence-electron chi connectivity index (χ0n) is 7.01. The molecule has 2 atom stereocenters. The lowest BCUT2D eigenvalue weighted by molar-refractivity contribution is -0.118. The second-order valence-corrected chi connectivity index (χ2v) is 5.87. The van der Waals surface area contributed by atoms with Crippen LogP contribution in [0.2, 0.25) is 4.34 Å². The highest BCUT2D eigenvalue weighted by atomic mass is 79.9. The van der Waals surface area contributed by atoms with Crippen molar-refractivity contribution in [2.75, 3.05) is 0 Å². The first-order valence-electron chi connectivity index (χ1n) is 4.04. The van der Waals surface area contributed by atoms with Crippen LogP contribution in [0, 0.1) is 5.92 Å². The first-order chi connectivity index (χ1) is 6.09. The maximum absolute atomic E-state index is 11.0. The quantitative estimate of drug-likeness (QED) is 0.803. The SMILES string of the molecule is CC(=O)C1CC1c1cc(Br)c(Cl)s1. The Morgan fingerprint density at radius 3 is 2.85 bits per heavy atom. The Bertz CT molecular complexity index is 341. The molecule has 0 amide bonds. The molecule has 1 nitrogen and oxygen atoms in total. The van der Waals surface area contributed by atoms with Crippen LogP contribution in [-0.2, 0) is 4.79 Å². The van der Waals surface area contributed by atoms with Gasteiger partial charge in [0.15, 0.2) is 0 Å². The van der Waals surface area contributed by atoms with Gasteiger partial charge in [-0.1, -0.05) is 11.6 Å². The fraction of sp³-hybridized carbons (Fsp3) is 0.444. The highest BCUT2D eigenvalue weighted by Crippen LogP contribution is 2.52. The van der Waals surface area contributed by atoms with E-state index in [2.05, 4.69) is 15.9 Å². The van der Waals surface area contributed by atoms with Crippen LogP contribution in [0.15, 0.2) is 10.5 Å². The lowest BCUT2D eigenvalue weighted by Crippen LogP contribution is -1.93. The molecule has 0 saturated heterocycles. The van der Waals surface area contributed by atoms with Crippen LogP contribution in [0.1, 0.15) is 24.1 Å². The van der Waals surface area contributed by atoms with Crippen molar-refractivity contribution in [2.45, 2.75) is 19.3 Å². The summed E-state index contributed by atoms with van der Waals surface area (Å²) in [6.07, 6.45) is 0.999. The summed E-state index contributed by atoms with van der Waals surface area (Å²) in [6.45, 7) is 1.66. The highest BCUT2D eigenvalue weighted by Gasteiger charge is 2.42. The van der Waals surface area contributed by atoms with Crippen LogP contribution in [-0.4, -0.2) is 5.78 Å². The van der Waals surface area contributed by atoms with E-state index in [0.717, 1.165) is 15.2 Å². The zero-order chi connectivity index (χ0) is 9.59. The molecule has 0 aliphatic heterocycles. The molecule has 4 heteroatoms. The summed E-state index contributed by atoms with van der Waals surface area (Å²) in [5.41, 5.74) is 0. The molecule has 1 saturated carbocycles. The molecule has 0 radical (unpaired) electrons. The fourth-order valence-corrected chi connectivity index (χ4v) is 3.42. The Balaban J connectivity index is 2.16. The summed E-state index contributed by atoms with van der Waals surface area (Å²) in [5, 5.41) is 0. The summed E-state index contributed by atoms with van der Waals surface area (Å²) in [6, 6.07) is 2.03. The molecule has 70 valence electrons. The van der Waals surface area contributed by atoms with Gasteiger partial charge in [0.05, 0.1) is 0 Å². The van der Waals surface area contributed by atoms with Gasteiger partial charge in [-0.2, -0.15) is 0 Å². The van der Waals surface area contributed by atoms with Crippen molar-refractivity contribution in [1.82, 2.24) is 0 Å². The third-order valence-electron chi connectivity index (χ3n) is 2.34. The van der Waals surface area contributed by atoms with Crippen molar-refractivity contribution in [1.29, 1.82) is 0 Å². The van der Waals surface area contributed by atoms with Gasteiger partial charge >= 0.3 is 0 Å². The number of hydrogen-bond donors (Lipinski definition) is 0. The second kappa shape index (κ2) is 3.37. The van der Waals surface area contributed by atoms with E-state index in [0.29, 0.717) is 11.7 Å². The van der Waals surface area contributed by atoms with Crippen molar-refractivity contribution in [3.05, 3.63) is 19.8 Å². The average Bonchev–Trinajstić information content (AvgIpc) is 2.76. The number of carbonyl (C=O) groups is 1. The van der Waals surface area contributed by atoms with Gasteiger partial charge in [-0.3, -0.25) is 4.79 Å². The maximum atomic E-state index is 11.0. The molecule has 1 aliphatic carbocycles. The molecule has 1 aliphatic rings. The number of thiophene rings is 1. The summed E-state index contributed by atoms with van der Waals surface area (Å²) in [4.78, 5) is 12.3. The molecule has 0 N–H and O–H groups in total. The van der Waals surface area contributed by atoms with Crippen LogP contribution >= 0.6 is 38.9 Å². The number of carbonyl (C=O) groups excluding carboxylic acids is 1. The van der Waals surface area contributed by atoms with Crippen LogP contribution in [0.5, 0.6) is 0 Å². The van der Waals surface area contributed by atoms with E-state index < -0.39 is 0 Å². The molecular weight excluding hydrogens is 272 g/mol. The van der Waals surface area contributed by atoms with Gasteiger partial charge < -0.3 is 0 Å². The van der Waals surface area contributed by atoms with E-state index in [4.69, 9.17) is 11.6 Å². The minimum absolute atomic E-state index is 0.251. The zero-order valence-corrected chi connectivity index (χ0v) is 10.2. The fourth-order valence-electron chi connectivity index (χ4n) is 1.50. The summed E-state index contributed by atoms with van der Waals surface area (Å²) >= 11 is 10.9. The first-order valence-corrected chi connectivity index (χ1v) is 6.03. The minimum atomic E-state index is 0.251. The number of rotatable bonds is 2. The summed E-state index contributed by atoms with van der Waals surface area (Å²) < 4.78 is 1.73. The van der Waals surface area contributed by atoms with Gasteiger partial charge in [-0.15, -0.1) is 11.3 Å². The molecule has 2 rings (SSSR count). The third kappa shape index (κ3) is 1.83. The number of ketones is 1. The molecule has 2 unspecified atom stereocenters. The number of halogens is 2. The molecular formula is C9H8BrClOS. The topological polar surface area (TPSA) is 17.1 Å². The van der Waals surface area contributed by atoms with Crippen LogP contribution in [0.25, 0.3) is 0 Å². The van der Waals surface area contributed by atoms with Gasteiger partial charge in [-0.25, -0.2) is 0 Å². The van der Waals surface area contributed by atoms with E-state index in [9.17, 15) is 4.79 Å². The van der Waals surface area contributed by atoms with Crippen molar-refractivity contribution in [3.8, 4) is 0 Å². The predicted molar refractivity (Wildman–Crippen MR) is 58.6 cm³/mol. The van der Waals surface area contributed by atoms with E-state index in [1.807, 2.05) is 6.07 Å². The standard InChI is InChI=1S/C9H8BrClOS/c1-4(12)5-2-6(5)8-3-7(10)9(11)13-8/h3,5-6H,2H2,1H3. The van der Waals surface area contributed by atoms with Gasteiger partial charge in [-0.05, 0) is 35.3 Å². The predicted octanol–water partition coefficient (Wildman–Crippen LogP) is 3.86. The van der Waals surface area contributed by atoms with E-state index in [1.54, 1.807) is 18.3 Å². The Morgan fingerprint density at radius 2 is 2.46 bits per heavy atom. The molecule has 0 spiro atoms. The molecule has 1 aromatic rings. The van der Waals surface area contributed by atoms with Crippen molar-refractivity contribution >= 4 is 44.7 Å². The van der Waals surface area contributed by atoms with Gasteiger partial charge in [0.2, 0.25) is 0 Å².